The molecular weight excluding hydrogens is 280 g/mol. The van der Waals surface area contributed by atoms with Crippen LogP contribution in [0.5, 0.6) is 5.75 Å². The van der Waals surface area contributed by atoms with E-state index in [4.69, 9.17) is 10.5 Å². The number of ketones is 1. The molecule has 2 N–H and O–H groups in total. The molecule has 2 atom stereocenters. The maximum atomic E-state index is 12.3. The van der Waals surface area contributed by atoms with Gasteiger partial charge in [0.15, 0.2) is 5.78 Å². The van der Waals surface area contributed by atoms with Gasteiger partial charge in [0.2, 0.25) is 5.91 Å². The Hall–Kier alpha value is -1.88. The molecule has 120 valence electrons. The zero-order valence-electron chi connectivity index (χ0n) is 13.6. The van der Waals surface area contributed by atoms with E-state index in [1.165, 1.54) is 0 Å². The number of carbonyl (C=O) groups excluding carboxylic acids is 2. The van der Waals surface area contributed by atoms with Crippen molar-refractivity contribution < 1.29 is 14.3 Å². The summed E-state index contributed by atoms with van der Waals surface area (Å²) in [6.45, 7) is 8.13. The third kappa shape index (κ3) is 3.14. The molecule has 0 fully saturated rings. The van der Waals surface area contributed by atoms with E-state index in [2.05, 4.69) is 13.8 Å². The van der Waals surface area contributed by atoms with Crippen LogP contribution in [0.25, 0.3) is 0 Å². The number of fused-ring (bicyclic) bond motifs is 1. The number of benzene rings is 1. The Morgan fingerprint density at radius 3 is 2.59 bits per heavy atom. The fourth-order valence-electron chi connectivity index (χ4n) is 2.50. The van der Waals surface area contributed by atoms with Gasteiger partial charge in [-0.3, -0.25) is 9.59 Å². The van der Waals surface area contributed by atoms with Crippen LogP contribution in [-0.2, 0) is 4.79 Å². The molecule has 0 aliphatic carbocycles. The summed E-state index contributed by atoms with van der Waals surface area (Å²) in [7, 11) is 0. The summed E-state index contributed by atoms with van der Waals surface area (Å²) in [6, 6.07) is 4.61. The lowest BCUT2D eigenvalue weighted by Gasteiger charge is -2.36. The maximum Gasteiger partial charge on any atom is 0.226 e. The van der Waals surface area contributed by atoms with Crippen molar-refractivity contribution in [2.24, 2.45) is 11.7 Å². The van der Waals surface area contributed by atoms with Crippen LogP contribution in [-0.4, -0.2) is 30.4 Å². The minimum atomic E-state index is -0.568. The highest BCUT2D eigenvalue weighted by Gasteiger charge is 2.31. The van der Waals surface area contributed by atoms with Gasteiger partial charge >= 0.3 is 0 Å². The summed E-state index contributed by atoms with van der Waals surface area (Å²) < 4.78 is 5.98. The molecular formula is C17H24N2O3. The highest BCUT2D eigenvalue weighted by molar-refractivity contribution is 6.02. The Balaban J connectivity index is 2.44. The van der Waals surface area contributed by atoms with Gasteiger partial charge in [0.1, 0.15) is 11.9 Å². The minimum Gasteiger partial charge on any atom is -0.486 e. The Labute approximate surface area is 131 Å². The van der Waals surface area contributed by atoms with E-state index in [-0.39, 0.29) is 17.8 Å². The largest absolute Gasteiger partial charge is 0.486 e. The van der Waals surface area contributed by atoms with Crippen molar-refractivity contribution in [1.29, 1.82) is 0 Å². The summed E-state index contributed by atoms with van der Waals surface area (Å²) in [5, 5.41) is 0. The molecule has 0 spiro atoms. The molecule has 0 saturated carbocycles. The van der Waals surface area contributed by atoms with Gasteiger partial charge in [-0.15, -0.1) is 0 Å². The Bertz CT molecular complexity index is 581. The van der Waals surface area contributed by atoms with Crippen molar-refractivity contribution in [2.75, 3.05) is 11.4 Å². The number of amides is 1. The van der Waals surface area contributed by atoms with E-state index >= 15 is 0 Å². The Morgan fingerprint density at radius 2 is 2.05 bits per heavy atom. The lowest BCUT2D eigenvalue weighted by atomic mass is 10.0. The van der Waals surface area contributed by atoms with Gasteiger partial charge in [0.05, 0.1) is 18.3 Å². The Morgan fingerprint density at radius 1 is 1.36 bits per heavy atom. The van der Waals surface area contributed by atoms with Gasteiger partial charge < -0.3 is 15.4 Å². The molecule has 1 aliphatic heterocycles. The van der Waals surface area contributed by atoms with Crippen LogP contribution in [0.4, 0.5) is 5.69 Å². The average molecular weight is 304 g/mol. The van der Waals surface area contributed by atoms with Gasteiger partial charge in [-0.2, -0.15) is 0 Å². The Kier molecular flexibility index (Phi) is 4.86. The quantitative estimate of drug-likeness (QED) is 0.867. The summed E-state index contributed by atoms with van der Waals surface area (Å²) in [5.74, 6) is 0.830. The van der Waals surface area contributed by atoms with Crippen LogP contribution in [0, 0.1) is 5.92 Å². The second-order valence-corrected chi connectivity index (χ2v) is 6.09. The predicted octanol–water partition coefficient (Wildman–Crippen LogP) is 2.38. The molecule has 1 aliphatic rings. The summed E-state index contributed by atoms with van der Waals surface area (Å²) in [4.78, 5) is 26.1. The maximum absolute atomic E-state index is 12.3. The molecule has 0 radical (unpaired) electrons. The van der Waals surface area contributed by atoms with E-state index < -0.39 is 6.04 Å². The van der Waals surface area contributed by atoms with Crippen LogP contribution in [0.2, 0.25) is 0 Å². The van der Waals surface area contributed by atoms with Crippen LogP contribution < -0.4 is 15.4 Å². The number of carbonyl (C=O) groups is 2. The van der Waals surface area contributed by atoms with Crippen molar-refractivity contribution in [3.63, 3.8) is 0 Å². The smallest absolute Gasteiger partial charge is 0.226 e. The summed E-state index contributed by atoms with van der Waals surface area (Å²) in [5.41, 5.74) is 6.84. The molecule has 1 amide bonds. The van der Waals surface area contributed by atoms with E-state index in [1.54, 1.807) is 30.0 Å². The van der Waals surface area contributed by atoms with E-state index in [9.17, 15) is 9.59 Å². The monoisotopic (exact) mass is 304 g/mol. The van der Waals surface area contributed by atoms with Gasteiger partial charge in [-0.05, 0) is 31.0 Å². The fourth-order valence-corrected chi connectivity index (χ4v) is 2.50. The van der Waals surface area contributed by atoms with Crippen LogP contribution in [0.1, 0.15) is 44.5 Å². The third-order valence-corrected chi connectivity index (χ3v) is 3.94. The molecule has 1 aromatic rings. The highest BCUT2D eigenvalue weighted by Crippen LogP contribution is 2.36. The molecule has 2 rings (SSSR count). The van der Waals surface area contributed by atoms with Crippen molar-refractivity contribution in [3.8, 4) is 5.75 Å². The van der Waals surface area contributed by atoms with Crippen LogP contribution in [0.3, 0.4) is 0 Å². The molecule has 0 saturated heterocycles. The summed E-state index contributed by atoms with van der Waals surface area (Å²) >= 11 is 0. The third-order valence-electron chi connectivity index (χ3n) is 3.94. The minimum absolute atomic E-state index is 0.0283. The second-order valence-electron chi connectivity index (χ2n) is 6.09. The van der Waals surface area contributed by atoms with E-state index in [0.29, 0.717) is 35.9 Å². The number of nitrogens with two attached hydrogens (primary N) is 1. The van der Waals surface area contributed by atoms with E-state index in [0.717, 1.165) is 0 Å². The van der Waals surface area contributed by atoms with Crippen molar-refractivity contribution >= 4 is 17.4 Å². The van der Waals surface area contributed by atoms with Crippen LogP contribution in [0.15, 0.2) is 18.2 Å². The van der Waals surface area contributed by atoms with Crippen molar-refractivity contribution in [2.45, 2.75) is 46.3 Å². The zero-order chi connectivity index (χ0) is 16.4. The standard InChI is InChI=1S/C17H24N2O3/c1-5-16(20)19-9-15(10(2)3)22-14-7-6-12(8-13(14)19)17(21)11(4)18/h6-8,10-11,15H,5,9,18H2,1-4H3. The van der Waals surface area contributed by atoms with Gasteiger partial charge in [-0.25, -0.2) is 0 Å². The molecule has 1 heterocycles. The van der Waals surface area contributed by atoms with Crippen molar-refractivity contribution in [1.82, 2.24) is 0 Å². The van der Waals surface area contributed by atoms with Crippen LogP contribution >= 0.6 is 0 Å². The molecule has 5 nitrogen and oxygen atoms in total. The molecule has 1 aromatic carbocycles. The first-order valence-corrected chi connectivity index (χ1v) is 7.76. The highest BCUT2D eigenvalue weighted by atomic mass is 16.5. The number of rotatable bonds is 4. The number of ether oxygens (including phenoxy) is 1. The lowest BCUT2D eigenvalue weighted by Crippen LogP contribution is -2.45. The number of hydrogen-bond acceptors (Lipinski definition) is 4. The lowest BCUT2D eigenvalue weighted by molar-refractivity contribution is -0.118. The second kappa shape index (κ2) is 6.48. The first-order valence-electron chi connectivity index (χ1n) is 7.76. The molecule has 2 unspecified atom stereocenters. The molecule has 5 heteroatoms. The number of Topliss-reactive ketones (excluding diaryl/α,β-unsaturated/α-hetero) is 1. The summed E-state index contributed by atoms with van der Waals surface area (Å²) in [6.07, 6.45) is 0.369. The molecule has 22 heavy (non-hydrogen) atoms. The van der Waals surface area contributed by atoms with Gasteiger partial charge in [-0.1, -0.05) is 20.8 Å². The van der Waals surface area contributed by atoms with E-state index in [1.807, 2.05) is 6.92 Å². The topological polar surface area (TPSA) is 72.6 Å². The SMILES string of the molecule is CCC(=O)N1CC(C(C)C)Oc2ccc(C(=O)C(C)N)cc21. The van der Waals surface area contributed by atoms with Gasteiger partial charge in [0, 0.05) is 12.0 Å². The average Bonchev–Trinajstić information content (AvgIpc) is 2.51. The fraction of sp³-hybridized carbons (Fsp3) is 0.529. The van der Waals surface area contributed by atoms with Crippen molar-refractivity contribution in [3.05, 3.63) is 23.8 Å². The number of anilines is 1. The first kappa shape index (κ1) is 16.5. The molecule has 0 aromatic heterocycles. The first-order chi connectivity index (χ1) is 10.3. The molecule has 0 bridgehead atoms. The predicted molar refractivity (Wildman–Crippen MR) is 86.3 cm³/mol. The zero-order valence-corrected chi connectivity index (χ0v) is 13.6. The van der Waals surface area contributed by atoms with Gasteiger partial charge in [0.25, 0.3) is 0 Å². The number of nitrogens with zero attached hydrogens (tertiary/aromatic N) is 1. The normalized spacial score (nSPS) is 18.6. The number of hydrogen-bond donors (Lipinski definition) is 1.